The highest BCUT2D eigenvalue weighted by Crippen LogP contribution is 2.30. The summed E-state index contributed by atoms with van der Waals surface area (Å²) < 4.78 is 0. The van der Waals surface area contributed by atoms with Crippen molar-refractivity contribution in [2.24, 2.45) is 0 Å². The van der Waals surface area contributed by atoms with E-state index in [1.165, 1.54) is 11.1 Å². The van der Waals surface area contributed by atoms with Gasteiger partial charge in [0.1, 0.15) is 11.9 Å². The Hall–Kier alpha value is -2.08. The minimum absolute atomic E-state index is 0.314. The van der Waals surface area contributed by atoms with Gasteiger partial charge in [0.15, 0.2) is 0 Å². The second-order valence-corrected chi connectivity index (χ2v) is 5.52. The van der Waals surface area contributed by atoms with Crippen molar-refractivity contribution in [1.82, 2.24) is 4.98 Å². The first-order valence-electron chi connectivity index (χ1n) is 6.58. The third-order valence-electron chi connectivity index (χ3n) is 3.41. The van der Waals surface area contributed by atoms with Crippen LogP contribution in [0.15, 0.2) is 18.2 Å². The van der Waals surface area contributed by atoms with Crippen LogP contribution in [0, 0.1) is 11.3 Å². The van der Waals surface area contributed by atoms with Crippen LogP contribution < -0.4 is 5.73 Å². The van der Waals surface area contributed by atoms with E-state index in [0.29, 0.717) is 23.2 Å². The first-order chi connectivity index (χ1) is 8.93. The van der Waals surface area contributed by atoms with Gasteiger partial charge in [0.2, 0.25) is 0 Å². The average Bonchev–Trinajstić information content (AvgIpc) is 2.36. The molecule has 19 heavy (non-hydrogen) atoms. The number of nitrogens with two attached hydrogens (primary N) is 1. The number of anilines is 1. The monoisotopic (exact) mass is 253 g/mol. The zero-order valence-corrected chi connectivity index (χ0v) is 11.9. The maximum absolute atomic E-state index is 9.06. The Labute approximate surface area is 114 Å². The molecule has 3 nitrogen and oxygen atoms in total. The van der Waals surface area contributed by atoms with Crippen LogP contribution >= 0.6 is 0 Å². The molecular weight excluding hydrogens is 234 g/mol. The number of benzene rings is 1. The van der Waals surface area contributed by atoms with Crippen molar-refractivity contribution >= 4 is 16.7 Å². The fraction of sp³-hybridized carbons (Fsp3) is 0.375. The minimum Gasteiger partial charge on any atom is -0.383 e. The van der Waals surface area contributed by atoms with Gasteiger partial charge in [0, 0.05) is 5.39 Å². The number of hydrogen-bond donors (Lipinski definition) is 1. The summed E-state index contributed by atoms with van der Waals surface area (Å²) in [4.78, 5) is 4.42. The Bertz CT molecular complexity index is 664. The van der Waals surface area contributed by atoms with E-state index in [0.717, 1.165) is 10.9 Å². The molecule has 0 fully saturated rings. The normalized spacial score (nSPS) is 11.2. The molecule has 0 aliphatic carbocycles. The quantitative estimate of drug-likeness (QED) is 0.881. The number of nitrogen functional groups attached to an aromatic ring is 1. The van der Waals surface area contributed by atoms with Crippen LogP contribution in [0.2, 0.25) is 0 Å². The average molecular weight is 253 g/mol. The molecule has 0 saturated heterocycles. The molecule has 0 radical (unpaired) electrons. The lowest BCUT2D eigenvalue weighted by Crippen LogP contribution is -2.01. The Morgan fingerprint density at radius 1 is 1.11 bits per heavy atom. The molecule has 1 aromatic heterocycles. The second-order valence-electron chi connectivity index (χ2n) is 5.52. The predicted octanol–water partition coefficient (Wildman–Crippen LogP) is 3.94. The summed E-state index contributed by atoms with van der Waals surface area (Å²) in [5, 5.41) is 10.1. The summed E-state index contributed by atoms with van der Waals surface area (Å²) in [6.45, 7) is 8.63. The molecule has 2 rings (SSSR count). The standard InChI is InChI=1S/C16H19N3/c1-9(2)11-5-12-6-13(8-17)16(18)19-15(12)14(7-11)10(3)4/h5-7,9-10H,1-4H3,(H2,18,19). The number of nitrogens with zero attached hydrogens (tertiary/aromatic N) is 2. The lowest BCUT2D eigenvalue weighted by molar-refractivity contribution is 0.839. The van der Waals surface area contributed by atoms with Crippen LogP contribution in [0.5, 0.6) is 0 Å². The van der Waals surface area contributed by atoms with Crippen LogP contribution in [0.4, 0.5) is 5.82 Å². The summed E-state index contributed by atoms with van der Waals surface area (Å²) in [5.41, 5.74) is 9.65. The first kappa shape index (κ1) is 13.4. The highest BCUT2D eigenvalue weighted by atomic mass is 14.8. The smallest absolute Gasteiger partial charge is 0.142 e. The summed E-state index contributed by atoms with van der Waals surface area (Å²) in [5.74, 6) is 1.14. The van der Waals surface area contributed by atoms with Gasteiger partial charge in [-0.3, -0.25) is 0 Å². The highest BCUT2D eigenvalue weighted by Gasteiger charge is 2.13. The van der Waals surface area contributed by atoms with Crippen molar-refractivity contribution in [3.8, 4) is 6.07 Å². The van der Waals surface area contributed by atoms with E-state index in [1.807, 2.05) is 6.07 Å². The number of pyridine rings is 1. The van der Waals surface area contributed by atoms with Crippen molar-refractivity contribution in [1.29, 1.82) is 5.26 Å². The van der Waals surface area contributed by atoms with Crippen LogP contribution in [0.3, 0.4) is 0 Å². The molecular formula is C16H19N3. The van der Waals surface area contributed by atoms with Crippen molar-refractivity contribution < 1.29 is 0 Å². The minimum atomic E-state index is 0.314. The van der Waals surface area contributed by atoms with Crippen molar-refractivity contribution in [3.05, 3.63) is 34.9 Å². The van der Waals surface area contributed by atoms with Crippen LogP contribution in [0.1, 0.15) is 56.2 Å². The van der Waals surface area contributed by atoms with Gasteiger partial charge in [-0.05, 0) is 35.1 Å². The van der Waals surface area contributed by atoms with E-state index in [2.05, 4.69) is 50.9 Å². The molecule has 0 amide bonds. The molecule has 0 spiro atoms. The summed E-state index contributed by atoms with van der Waals surface area (Å²) in [6, 6.07) is 8.25. The molecule has 0 bridgehead atoms. The summed E-state index contributed by atoms with van der Waals surface area (Å²) in [7, 11) is 0. The molecule has 0 unspecified atom stereocenters. The van der Waals surface area contributed by atoms with Gasteiger partial charge in [-0.25, -0.2) is 4.98 Å². The largest absolute Gasteiger partial charge is 0.383 e. The number of fused-ring (bicyclic) bond motifs is 1. The Morgan fingerprint density at radius 2 is 1.79 bits per heavy atom. The molecule has 0 saturated carbocycles. The Morgan fingerprint density at radius 3 is 2.32 bits per heavy atom. The molecule has 0 atom stereocenters. The Kier molecular flexibility index (Phi) is 3.44. The van der Waals surface area contributed by atoms with E-state index in [-0.39, 0.29) is 0 Å². The topological polar surface area (TPSA) is 62.7 Å². The second kappa shape index (κ2) is 4.89. The van der Waals surface area contributed by atoms with Crippen molar-refractivity contribution in [2.45, 2.75) is 39.5 Å². The number of hydrogen-bond acceptors (Lipinski definition) is 3. The molecule has 1 heterocycles. The lowest BCUT2D eigenvalue weighted by Gasteiger charge is -2.15. The number of aromatic nitrogens is 1. The van der Waals surface area contributed by atoms with Gasteiger partial charge in [-0.1, -0.05) is 33.8 Å². The highest BCUT2D eigenvalue weighted by molar-refractivity contribution is 5.86. The molecule has 3 heteroatoms. The zero-order chi connectivity index (χ0) is 14.2. The number of rotatable bonds is 2. The first-order valence-corrected chi connectivity index (χ1v) is 6.58. The number of nitriles is 1. The van der Waals surface area contributed by atoms with Crippen LogP contribution in [-0.2, 0) is 0 Å². The Balaban J connectivity index is 2.84. The van der Waals surface area contributed by atoms with Crippen molar-refractivity contribution in [2.75, 3.05) is 5.73 Å². The molecule has 98 valence electrons. The predicted molar refractivity (Wildman–Crippen MR) is 79.0 cm³/mol. The van der Waals surface area contributed by atoms with E-state index < -0.39 is 0 Å². The molecule has 2 aromatic rings. The van der Waals surface area contributed by atoms with E-state index in [4.69, 9.17) is 11.0 Å². The molecule has 0 aliphatic rings. The van der Waals surface area contributed by atoms with Gasteiger partial charge in [0.05, 0.1) is 11.1 Å². The van der Waals surface area contributed by atoms with Gasteiger partial charge < -0.3 is 5.73 Å². The van der Waals surface area contributed by atoms with Crippen molar-refractivity contribution in [3.63, 3.8) is 0 Å². The summed E-state index contributed by atoms with van der Waals surface area (Å²) >= 11 is 0. The maximum Gasteiger partial charge on any atom is 0.142 e. The van der Waals surface area contributed by atoms with Gasteiger partial charge in [0.25, 0.3) is 0 Å². The molecule has 1 aromatic carbocycles. The van der Waals surface area contributed by atoms with Crippen LogP contribution in [-0.4, -0.2) is 4.98 Å². The third kappa shape index (κ3) is 2.39. The van der Waals surface area contributed by atoms with Gasteiger partial charge in [-0.2, -0.15) is 5.26 Å². The van der Waals surface area contributed by atoms with E-state index in [1.54, 1.807) is 0 Å². The maximum atomic E-state index is 9.06. The van der Waals surface area contributed by atoms with E-state index in [9.17, 15) is 0 Å². The van der Waals surface area contributed by atoms with Crippen LogP contribution in [0.25, 0.3) is 10.9 Å². The SMILES string of the molecule is CC(C)c1cc(C(C)C)c2nc(N)c(C#N)cc2c1. The fourth-order valence-corrected chi connectivity index (χ4v) is 2.22. The molecule has 0 aliphatic heterocycles. The molecule has 2 N–H and O–H groups in total. The van der Waals surface area contributed by atoms with Gasteiger partial charge >= 0.3 is 0 Å². The van der Waals surface area contributed by atoms with E-state index >= 15 is 0 Å². The van der Waals surface area contributed by atoms with Gasteiger partial charge in [-0.15, -0.1) is 0 Å². The lowest BCUT2D eigenvalue weighted by atomic mass is 9.92. The third-order valence-corrected chi connectivity index (χ3v) is 3.41. The fourth-order valence-electron chi connectivity index (χ4n) is 2.22. The zero-order valence-electron chi connectivity index (χ0n) is 11.9. The summed E-state index contributed by atoms with van der Waals surface area (Å²) in [6.07, 6.45) is 0.